The van der Waals surface area contributed by atoms with Gasteiger partial charge in [0.05, 0.1) is 23.2 Å². The SMILES string of the molecule is O=c1c2ccccc2nc(SCc2nc(-c3cccc(F)c3)no2)n1Cc1cccc(Cl)c1. The standard InChI is InChI=1S/C24H16ClFN4O2S/c25-17-7-3-5-15(11-17)13-30-23(31)19-9-1-2-10-20(19)27-24(30)33-14-21-28-22(29-32-21)16-6-4-8-18(26)12-16/h1-12H,13-14H2. The molecular formula is C24H16ClFN4O2S. The zero-order chi connectivity index (χ0) is 22.8. The Morgan fingerprint density at radius 1 is 1.00 bits per heavy atom. The molecule has 0 saturated carbocycles. The largest absolute Gasteiger partial charge is 0.338 e. The maximum absolute atomic E-state index is 13.5. The first kappa shape index (κ1) is 21.4. The summed E-state index contributed by atoms with van der Waals surface area (Å²) in [7, 11) is 0. The lowest BCUT2D eigenvalue weighted by Gasteiger charge is -2.13. The van der Waals surface area contributed by atoms with E-state index in [0.717, 1.165) is 5.56 Å². The third-order valence-corrected chi connectivity index (χ3v) is 6.13. The monoisotopic (exact) mass is 478 g/mol. The Labute approximate surface area is 197 Å². The number of hydrogen-bond acceptors (Lipinski definition) is 6. The van der Waals surface area contributed by atoms with E-state index >= 15 is 0 Å². The van der Waals surface area contributed by atoms with Crippen molar-refractivity contribution in [3.8, 4) is 11.4 Å². The number of fused-ring (bicyclic) bond motifs is 1. The lowest BCUT2D eigenvalue weighted by Crippen LogP contribution is -2.24. The van der Waals surface area contributed by atoms with Crippen LogP contribution in [0.25, 0.3) is 22.3 Å². The maximum atomic E-state index is 13.5. The number of rotatable bonds is 6. The molecule has 0 atom stereocenters. The minimum Gasteiger partial charge on any atom is -0.338 e. The molecule has 0 saturated heterocycles. The second-order valence-corrected chi connectivity index (χ2v) is 8.62. The minimum absolute atomic E-state index is 0.144. The lowest BCUT2D eigenvalue weighted by molar-refractivity contribution is 0.391. The van der Waals surface area contributed by atoms with Crippen molar-refractivity contribution in [2.45, 2.75) is 17.5 Å². The van der Waals surface area contributed by atoms with Crippen molar-refractivity contribution in [2.24, 2.45) is 0 Å². The van der Waals surface area contributed by atoms with Crippen LogP contribution in [0.2, 0.25) is 5.02 Å². The highest BCUT2D eigenvalue weighted by Crippen LogP contribution is 2.24. The third kappa shape index (κ3) is 4.67. The van der Waals surface area contributed by atoms with Gasteiger partial charge in [-0.25, -0.2) is 9.37 Å². The van der Waals surface area contributed by atoms with Gasteiger partial charge in [0.15, 0.2) is 5.16 Å². The zero-order valence-corrected chi connectivity index (χ0v) is 18.7. The molecular weight excluding hydrogens is 463 g/mol. The zero-order valence-electron chi connectivity index (χ0n) is 17.1. The van der Waals surface area contributed by atoms with Crippen LogP contribution in [0.1, 0.15) is 11.5 Å². The molecule has 3 aromatic carbocycles. The Balaban J connectivity index is 1.46. The highest BCUT2D eigenvalue weighted by molar-refractivity contribution is 7.98. The molecule has 0 radical (unpaired) electrons. The summed E-state index contributed by atoms with van der Waals surface area (Å²) in [4.78, 5) is 22.3. The van der Waals surface area contributed by atoms with Crippen LogP contribution in [0.3, 0.4) is 0 Å². The van der Waals surface area contributed by atoms with Gasteiger partial charge in [0.1, 0.15) is 5.82 Å². The lowest BCUT2D eigenvalue weighted by atomic mass is 10.2. The van der Waals surface area contributed by atoms with Crippen LogP contribution < -0.4 is 5.56 Å². The van der Waals surface area contributed by atoms with Crippen molar-refractivity contribution in [3.05, 3.63) is 105 Å². The average molecular weight is 479 g/mol. The first-order chi connectivity index (χ1) is 16.1. The van der Waals surface area contributed by atoms with Crippen LogP contribution in [0.5, 0.6) is 0 Å². The van der Waals surface area contributed by atoms with Gasteiger partial charge in [0.25, 0.3) is 5.56 Å². The maximum Gasteiger partial charge on any atom is 0.262 e. The van der Waals surface area contributed by atoms with Gasteiger partial charge in [0, 0.05) is 10.6 Å². The molecule has 5 rings (SSSR count). The number of nitrogens with zero attached hydrogens (tertiary/aromatic N) is 4. The van der Waals surface area contributed by atoms with Crippen LogP contribution >= 0.6 is 23.4 Å². The van der Waals surface area contributed by atoms with Crippen molar-refractivity contribution in [1.29, 1.82) is 0 Å². The first-order valence-electron chi connectivity index (χ1n) is 10.0. The third-order valence-electron chi connectivity index (χ3n) is 4.93. The Bertz CT molecular complexity index is 1520. The molecule has 0 amide bonds. The van der Waals surface area contributed by atoms with Gasteiger partial charge in [-0.1, -0.05) is 64.9 Å². The molecule has 5 aromatic rings. The Hall–Kier alpha value is -3.49. The topological polar surface area (TPSA) is 73.8 Å². The van der Waals surface area contributed by atoms with Crippen LogP contribution in [-0.2, 0) is 12.3 Å². The number of aromatic nitrogens is 4. The molecule has 0 aliphatic heterocycles. The molecule has 33 heavy (non-hydrogen) atoms. The average Bonchev–Trinajstić information content (AvgIpc) is 3.29. The van der Waals surface area contributed by atoms with E-state index in [0.29, 0.717) is 50.7 Å². The van der Waals surface area contributed by atoms with Crippen LogP contribution in [0, 0.1) is 5.82 Å². The highest BCUT2D eigenvalue weighted by Gasteiger charge is 2.15. The van der Waals surface area contributed by atoms with Gasteiger partial charge >= 0.3 is 0 Å². The van der Waals surface area contributed by atoms with Crippen LogP contribution in [-0.4, -0.2) is 19.7 Å². The molecule has 0 unspecified atom stereocenters. The summed E-state index contributed by atoms with van der Waals surface area (Å²) in [6.45, 7) is 0.317. The minimum atomic E-state index is -0.376. The van der Waals surface area contributed by atoms with Gasteiger partial charge in [-0.15, -0.1) is 0 Å². The molecule has 2 heterocycles. The van der Waals surface area contributed by atoms with Crippen LogP contribution in [0.15, 0.2) is 87.3 Å². The molecule has 0 bridgehead atoms. The van der Waals surface area contributed by atoms with Crippen molar-refractivity contribution < 1.29 is 8.91 Å². The number of thioether (sulfide) groups is 1. The number of para-hydroxylation sites is 1. The normalized spacial score (nSPS) is 11.2. The molecule has 0 N–H and O–H groups in total. The Morgan fingerprint density at radius 2 is 1.85 bits per heavy atom. The van der Waals surface area contributed by atoms with Gasteiger partial charge in [0.2, 0.25) is 11.7 Å². The summed E-state index contributed by atoms with van der Waals surface area (Å²) in [5, 5.41) is 5.59. The van der Waals surface area contributed by atoms with Gasteiger partial charge in [-0.3, -0.25) is 9.36 Å². The fourth-order valence-corrected chi connectivity index (χ4v) is 4.45. The number of hydrogen-bond donors (Lipinski definition) is 0. The summed E-state index contributed by atoms with van der Waals surface area (Å²) in [6.07, 6.45) is 0. The number of halogens is 2. The van der Waals surface area contributed by atoms with Crippen molar-refractivity contribution >= 4 is 34.3 Å². The van der Waals surface area contributed by atoms with Crippen molar-refractivity contribution in [3.63, 3.8) is 0 Å². The van der Waals surface area contributed by atoms with Gasteiger partial charge in [-0.05, 0) is 42.0 Å². The summed E-state index contributed by atoms with van der Waals surface area (Å²) in [5.74, 6) is 0.560. The molecule has 0 aliphatic carbocycles. The smallest absolute Gasteiger partial charge is 0.262 e. The fraction of sp³-hybridized carbons (Fsp3) is 0.0833. The number of benzene rings is 3. The first-order valence-corrected chi connectivity index (χ1v) is 11.4. The molecule has 0 aliphatic rings. The molecule has 0 spiro atoms. The predicted octanol–water partition coefficient (Wildman–Crippen LogP) is 5.58. The van der Waals surface area contributed by atoms with E-state index in [2.05, 4.69) is 10.1 Å². The van der Waals surface area contributed by atoms with E-state index in [1.807, 2.05) is 30.3 Å². The van der Waals surface area contributed by atoms with Gasteiger partial charge in [-0.2, -0.15) is 4.98 Å². The van der Waals surface area contributed by atoms with Gasteiger partial charge < -0.3 is 4.52 Å². The van der Waals surface area contributed by atoms with E-state index in [9.17, 15) is 9.18 Å². The highest BCUT2D eigenvalue weighted by atomic mass is 35.5. The summed E-state index contributed by atoms with van der Waals surface area (Å²) in [5.41, 5.74) is 1.87. The second-order valence-electron chi connectivity index (χ2n) is 7.24. The molecule has 2 aromatic heterocycles. The van der Waals surface area contributed by atoms with Crippen molar-refractivity contribution in [1.82, 2.24) is 19.7 Å². The van der Waals surface area contributed by atoms with E-state index in [-0.39, 0.29) is 11.4 Å². The Kier molecular flexibility index (Phi) is 5.93. The van der Waals surface area contributed by atoms with E-state index in [4.69, 9.17) is 21.1 Å². The van der Waals surface area contributed by atoms with E-state index in [1.165, 1.54) is 23.9 Å². The quantitative estimate of drug-likeness (QED) is 0.234. The van der Waals surface area contributed by atoms with Crippen molar-refractivity contribution in [2.75, 3.05) is 0 Å². The molecule has 9 heteroatoms. The molecule has 0 fully saturated rings. The molecule has 164 valence electrons. The van der Waals surface area contributed by atoms with E-state index < -0.39 is 0 Å². The summed E-state index contributed by atoms with van der Waals surface area (Å²) in [6, 6.07) is 20.6. The predicted molar refractivity (Wildman–Crippen MR) is 126 cm³/mol. The summed E-state index contributed by atoms with van der Waals surface area (Å²) < 4.78 is 20.5. The fourth-order valence-electron chi connectivity index (χ4n) is 3.40. The Morgan fingerprint density at radius 3 is 2.70 bits per heavy atom. The van der Waals surface area contributed by atoms with E-state index in [1.54, 1.807) is 34.9 Å². The summed E-state index contributed by atoms with van der Waals surface area (Å²) >= 11 is 7.44. The second kappa shape index (κ2) is 9.17. The molecule has 6 nitrogen and oxygen atoms in total. The van der Waals surface area contributed by atoms with Crippen LogP contribution in [0.4, 0.5) is 4.39 Å².